The van der Waals surface area contributed by atoms with Crippen LogP contribution in [-0.4, -0.2) is 0 Å². The lowest BCUT2D eigenvalue weighted by Gasteiger charge is -2.29. The Balaban J connectivity index is 1.32. The van der Waals surface area contributed by atoms with Gasteiger partial charge in [-0.1, -0.05) is 48.6 Å². The molecule has 42 heavy (non-hydrogen) atoms. The second kappa shape index (κ2) is 13.7. The number of allylic oxidation sites excluding steroid dienone is 3. The number of benzene rings is 3. The van der Waals surface area contributed by atoms with Gasteiger partial charge in [0.05, 0.1) is 0 Å². The van der Waals surface area contributed by atoms with Crippen molar-refractivity contribution in [1.82, 2.24) is 0 Å². The van der Waals surface area contributed by atoms with Crippen LogP contribution >= 0.6 is 0 Å². The molecule has 0 heterocycles. The molecule has 1 aliphatic carbocycles. The molecule has 0 saturated heterocycles. The summed E-state index contributed by atoms with van der Waals surface area (Å²) in [5.74, 6) is -5.24. The minimum Gasteiger partial charge on any atom is -0.209 e. The van der Waals surface area contributed by atoms with E-state index in [1.165, 1.54) is 18.2 Å². The molecular weight excluding hydrogens is 560 g/mol. The van der Waals surface area contributed by atoms with E-state index in [1.54, 1.807) is 36.4 Å². The fraction of sp³-hybridized carbons (Fsp3) is 0.353. The van der Waals surface area contributed by atoms with Gasteiger partial charge in [-0.3, -0.25) is 0 Å². The number of rotatable bonds is 9. The molecular formula is C34H32F8. The molecule has 1 aliphatic rings. The summed E-state index contributed by atoms with van der Waals surface area (Å²) in [5.41, 5.74) is 0.314. The van der Waals surface area contributed by atoms with Crippen LogP contribution in [0.4, 0.5) is 35.1 Å². The van der Waals surface area contributed by atoms with Crippen LogP contribution in [0.5, 0.6) is 0 Å². The van der Waals surface area contributed by atoms with Crippen LogP contribution in [0.3, 0.4) is 0 Å². The van der Waals surface area contributed by atoms with Gasteiger partial charge in [-0.05, 0) is 104 Å². The van der Waals surface area contributed by atoms with Crippen molar-refractivity contribution in [2.24, 2.45) is 5.92 Å². The lowest BCUT2D eigenvalue weighted by molar-refractivity contribution is -0.142. The zero-order chi connectivity index (χ0) is 30.4. The Labute approximate surface area is 240 Å². The van der Waals surface area contributed by atoms with Crippen molar-refractivity contribution < 1.29 is 35.1 Å². The van der Waals surface area contributed by atoms with Gasteiger partial charge in [-0.25, -0.2) is 22.0 Å². The summed E-state index contributed by atoms with van der Waals surface area (Å²) in [6, 6.07) is 12.7. The summed E-state index contributed by atoms with van der Waals surface area (Å²) >= 11 is 0. The second-order valence-electron chi connectivity index (χ2n) is 10.8. The van der Waals surface area contributed by atoms with Crippen molar-refractivity contribution in [3.8, 4) is 11.1 Å². The maximum absolute atomic E-state index is 15.0. The van der Waals surface area contributed by atoms with E-state index in [9.17, 15) is 35.1 Å². The highest BCUT2D eigenvalue weighted by atomic mass is 19.4. The van der Waals surface area contributed by atoms with Gasteiger partial charge in [-0.15, -0.1) is 0 Å². The van der Waals surface area contributed by atoms with Crippen LogP contribution < -0.4 is 0 Å². The largest absolute Gasteiger partial charge is 0.422 e. The maximum Gasteiger partial charge on any atom is 0.422 e. The van der Waals surface area contributed by atoms with Gasteiger partial charge in [0.25, 0.3) is 0 Å². The molecule has 0 unspecified atom stereocenters. The molecule has 3 aromatic rings. The van der Waals surface area contributed by atoms with Crippen LogP contribution in [0.15, 0.2) is 72.6 Å². The van der Waals surface area contributed by atoms with Crippen LogP contribution in [0.1, 0.15) is 80.0 Å². The molecule has 0 nitrogen and oxygen atoms in total. The molecule has 4 rings (SSSR count). The first-order chi connectivity index (χ1) is 20.0. The molecule has 0 amide bonds. The normalized spacial score (nSPS) is 18.4. The Morgan fingerprint density at radius 3 is 2.00 bits per heavy atom. The minimum atomic E-state index is -5.09. The highest BCUT2D eigenvalue weighted by Gasteiger charge is 2.38. The molecule has 224 valence electrons. The Morgan fingerprint density at radius 1 is 0.810 bits per heavy atom. The van der Waals surface area contributed by atoms with E-state index >= 15 is 0 Å². The third kappa shape index (κ3) is 7.69. The standard InChI is InChI=1S/C34H32F8/c1-2-3-4-5-28(35)33(39)25-15-12-22(13-16-25)26-17-14-24(29(36)18-26)11-8-21-6-9-23(10-7-21)27-19-30(37)32(31(38)20-27)34(40,41)42/h2-3,12-21,23H,4-11H2,1H3/b3-2+,33-28+. The average Bonchev–Trinajstić information content (AvgIpc) is 2.95. The van der Waals surface area contributed by atoms with E-state index in [0.29, 0.717) is 48.8 Å². The molecule has 8 heteroatoms. The third-order valence-corrected chi connectivity index (χ3v) is 8.02. The predicted octanol–water partition coefficient (Wildman–Crippen LogP) is 11.7. The molecule has 1 saturated carbocycles. The van der Waals surface area contributed by atoms with Gasteiger partial charge in [0.2, 0.25) is 0 Å². The topological polar surface area (TPSA) is 0 Å². The van der Waals surface area contributed by atoms with Gasteiger partial charge in [0.1, 0.15) is 28.8 Å². The molecule has 3 aromatic carbocycles. The zero-order valence-corrected chi connectivity index (χ0v) is 23.2. The van der Waals surface area contributed by atoms with Crippen molar-refractivity contribution in [2.75, 3.05) is 0 Å². The lowest BCUT2D eigenvalue weighted by atomic mass is 9.76. The zero-order valence-electron chi connectivity index (χ0n) is 23.2. The average molecular weight is 593 g/mol. The first-order valence-corrected chi connectivity index (χ1v) is 14.1. The molecule has 0 radical (unpaired) electrons. The van der Waals surface area contributed by atoms with Crippen molar-refractivity contribution in [2.45, 2.75) is 70.4 Å². The highest BCUT2D eigenvalue weighted by Crippen LogP contribution is 2.41. The minimum absolute atomic E-state index is 0.0227. The van der Waals surface area contributed by atoms with Gasteiger partial charge >= 0.3 is 6.18 Å². The first kappa shape index (κ1) is 31.5. The summed E-state index contributed by atoms with van der Waals surface area (Å²) in [7, 11) is 0. The Kier molecular flexibility index (Phi) is 10.3. The quantitative estimate of drug-likeness (QED) is 0.171. The fourth-order valence-corrected chi connectivity index (χ4v) is 5.63. The summed E-state index contributed by atoms with van der Waals surface area (Å²) in [5, 5.41) is 0. The van der Waals surface area contributed by atoms with Crippen molar-refractivity contribution >= 4 is 5.83 Å². The molecule has 0 bridgehead atoms. The van der Waals surface area contributed by atoms with Gasteiger partial charge in [0, 0.05) is 12.0 Å². The number of halogens is 8. The number of hydrogen-bond acceptors (Lipinski definition) is 0. The van der Waals surface area contributed by atoms with Crippen molar-refractivity contribution in [3.63, 3.8) is 0 Å². The van der Waals surface area contributed by atoms with Crippen molar-refractivity contribution in [1.29, 1.82) is 0 Å². The predicted molar refractivity (Wildman–Crippen MR) is 149 cm³/mol. The van der Waals surface area contributed by atoms with E-state index in [-0.39, 0.29) is 35.2 Å². The molecule has 0 spiro atoms. The highest BCUT2D eigenvalue weighted by molar-refractivity contribution is 5.68. The Hall–Kier alpha value is -3.42. The van der Waals surface area contributed by atoms with Crippen molar-refractivity contribution in [3.05, 3.63) is 112 Å². The number of alkyl halides is 3. The van der Waals surface area contributed by atoms with E-state index < -0.39 is 35.0 Å². The lowest BCUT2D eigenvalue weighted by Crippen LogP contribution is -2.16. The smallest absolute Gasteiger partial charge is 0.209 e. The second-order valence-corrected chi connectivity index (χ2v) is 10.8. The van der Waals surface area contributed by atoms with E-state index in [1.807, 2.05) is 6.92 Å². The molecule has 0 aromatic heterocycles. The SMILES string of the molecule is C/C=C/CC/C(F)=C(\F)c1ccc(-c2ccc(CCC3CCC(c4cc(F)c(C(F)(F)F)c(F)c4)CC3)c(F)c2)cc1. The molecule has 0 atom stereocenters. The summed E-state index contributed by atoms with van der Waals surface area (Å²) in [6.45, 7) is 1.81. The van der Waals surface area contributed by atoms with E-state index in [0.717, 1.165) is 25.0 Å². The molecule has 1 fully saturated rings. The summed E-state index contributed by atoms with van der Waals surface area (Å²) < 4.78 is 110. The maximum atomic E-state index is 15.0. The Bertz CT molecular complexity index is 1400. The van der Waals surface area contributed by atoms with Crippen LogP contribution in [0.2, 0.25) is 0 Å². The van der Waals surface area contributed by atoms with Gasteiger partial charge < -0.3 is 0 Å². The number of aryl methyl sites for hydroxylation is 1. The third-order valence-electron chi connectivity index (χ3n) is 8.02. The van der Waals surface area contributed by atoms with E-state index in [2.05, 4.69) is 0 Å². The van der Waals surface area contributed by atoms with Gasteiger partial charge in [-0.2, -0.15) is 13.2 Å². The van der Waals surface area contributed by atoms with E-state index in [4.69, 9.17) is 0 Å². The first-order valence-electron chi connectivity index (χ1n) is 14.1. The van der Waals surface area contributed by atoms with Crippen LogP contribution in [-0.2, 0) is 12.6 Å². The monoisotopic (exact) mass is 592 g/mol. The summed E-state index contributed by atoms with van der Waals surface area (Å²) in [6.07, 6.45) is 2.65. The number of hydrogen-bond donors (Lipinski definition) is 0. The molecule has 0 N–H and O–H groups in total. The molecule has 0 aliphatic heterocycles. The van der Waals surface area contributed by atoms with Crippen LogP contribution in [0, 0.1) is 23.4 Å². The summed E-state index contributed by atoms with van der Waals surface area (Å²) in [4.78, 5) is 0. The Morgan fingerprint density at radius 2 is 1.43 bits per heavy atom. The van der Waals surface area contributed by atoms with Crippen LogP contribution in [0.25, 0.3) is 17.0 Å². The fourth-order valence-electron chi connectivity index (χ4n) is 5.63. The van der Waals surface area contributed by atoms with Gasteiger partial charge in [0.15, 0.2) is 5.83 Å².